The molecule has 1 aliphatic carbocycles. The monoisotopic (exact) mass is 399 g/mol. The number of piperidine rings is 1. The maximum Gasteiger partial charge on any atom is 0.274 e. The number of likely N-dealkylation sites (tertiary alicyclic amines) is 1. The van der Waals surface area contributed by atoms with Crippen LogP contribution in [0.5, 0.6) is 0 Å². The van der Waals surface area contributed by atoms with Crippen LogP contribution in [0.2, 0.25) is 0 Å². The molecule has 3 fully saturated rings. The van der Waals surface area contributed by atoms with Crippen LogP contribution in [-0.4, -0.2) is 56.4 Å². The number of aryl methyl sites for hydroxylation is 1. The van der Waals surface area contributed by atoms with Gasteiger partial charge in [-0.1, -0.05) is 11.6 Å². The molecule has 2 saturated heterocycles. The average Bonchev–Trinajstić information content (AvgIpc) is 3.30. The molecule has 5 rings (SSSR count). The third-order valence-corrected chi connectivity index (χ3v) is 6.89. The third-order valence-electron chi connectivity index (χ3n) is 6.89. The van der Waals surface area contributed by atoms with Crippen LogP contribution >= 0.6 is 0 Å². The standard InChI is InChI=1S/C21H29N5O3/c1-14-11-17(24-23-14)20(27)26-8-6-21(7-9-26)13-15(5-10-28-21)12-18-22-19(29-25-18)16-3-2-4-16/h11,15-16H,2-10,12-13H2,1H3,(H,23,24). The van der Waals surface area contributed by atoms with Crippen molar-refractivity contribution in [2.75, 3.05) is 19.7 Å². The van der Waals surface area contributed by atoms with Gasteiger partial charge >= 0.3 is 0 Å². The highest BCUT2D eigenvalue weighted by Crippen LogP contribution is 2.39. The number of carbonyl (C=O) groups excluding carboxylic acids is 1. The van der Waals surface area contributed by atoms with Crippen molar-refractivity contribution in [2.45, 2.75) is 69.8 Å². The fraction of sp³-hybridized carbons (Fsp3) is 0.714. The molecule has 0 bridgehead atoms. The van der Waals surface area contributed by atoms with Crippen molar-refractivity contribution in [1.82, 2.24) is 25.2 Å². The van der Waals surface area contributed by atoms with Gasteiger partial charge in [0.15, 0.2) is 5.82 Å². The highest BCUT2D eigenvalue weighted by Gasteiger charge is 2.41. The van der Waals surface area contributed by atoms with Gasteiger partial charge in [0, 0.05) is 37.7 Å². The zero-order chi connectivity index (χ0) is 19.8. The second-order valence-corrected chi connectivity index (χ2v) is 9.00. The maximum atomic E-state index is 12.7. The molecular weight excluding hydrogens is 370 g/mol. The Kier molecular flexibility index (Phi) is 4.89. The van der Waals surface area contributed by atoms with Crippen molar-refractivity contribution in [3.8, 4) is 0 Å². The number of hydrogen-bond donors (Lipinski definition) is 1. The summed E-state index contributed by atoms with van der Waals surface area (Å²) in [6.45, 7) is 4.10. The Balaban J connectivity index is 1.17. The summed E-state index contributed by atoms with van der Waals surface area (Å²) in [5, 5.41) is 11.2. The lowest BCUT2D eigenvalue weighted by atomic mass is 9.78. The highest BCUT2D eigenvalue weighted by molar-refractivity contribution is 5.92. The Labute approximate surface area is 170 Å². The highest BCUT2D eigenvalue weighted by atomic mass is 16.5. The zero-order valence-electron chi connectivity index (χ0n) is 17.0. The predicted octanol–water partition coefficient (Wildman–Crippen LogP) is 3.01. The van der Waals surface area contributed by atoms with Gasteiger partial charge in [-0.3, -0.25) is 9.89 Å². The van der Waals surface area contributed by atoms with E-state index in [1.807, 2.05) is 17.9 Å². The van der Waals surface area contributed by atoms with E-state index in [9.17, 15) is 4.79 Å². The minimum atomic E-state index is -0.123. The molecule has 2 aromatic rings. The van der Waals surface area contributed by atoms with Crippen LogP contribution in [0.25, 0.3) is 0 Å². The molecule has 4 heterocycles. The van der Waals surface area contributed by atoms with E-state index in [2.05, 4.69) is 20.3 Å². The second kappa shape index (κ2) is 7.55. The van der Waals surface area contributed by atoms with Crippen molar-refractivity contribution in [2.24, 2.45) is 5.92 Å². The number of amides is 1. The molecule has 2 aliphatic heterocycles. The number of nitrogens with one attached hydrogen (secondary N) is 1. The van der Waals surface area contributed by atoms with Crippen molar-refractivity contribution in [1.29, 1.82) is 0 Å². The minimum Gasteiger partial charge on any atom is -0.375 e. The number of rotatable bonds is 4. The van der Waals surface area contributed by atoms with E-state index in [4.69, 9.17) is 9.26 Å². The van der Waals surface area contributed by atoms with Gasteiger partial charge < -0.3 is 14.2 Å². The number of H-pyrrole nitrogens is 1. The number of nitrogens with zero attached hydrogens (tertiary/aromatic N) is 4. The maximum absolute atomic E-state index is 12.7. The fourth-order valence-corrected chi connectivity index (χ4v) is 4.89. The Morgan fingerprint density at radius 3 is 2.83 bits per heavy atom. The number of ether oxygens (including phenoxy) is 1. The summed E-state index contributed by atoms with van der Waals surface area (Å²) in [7, 11) is 0. The molecule has 3 aliphatic rings. The first-order chi connectivity index (χ1) is 14.1. The molecule has 2 aromatic heterocycles. The number of aromatic nitrogens is 4. The van der Waals surface area contributed by atoms with Gasteiger partial charge in [0.05, 0.1) is 5.60 Å². The van der Waals surface area contributed by atoms with E-state index in [-0.39, 0.29) is 11.5 Å². The Morgan fingerprint density at radius 2 is 2.14 bits per heavy atom. The van der Waals surface area contributed by atoms with Crippen molar-refractivity contribution in [3.05, 3.63) is 29.2 Å². The van der Waals surface area contributed by atoms with Crippen LogP contribution in [0.4, 0.5) is 0 Å². The van der Waals surface area contributed by atoms with Crippen LogP contribution in [0.15, 0.2) is 10.6 Å². The van der Waals surface area contributed by atoms with Gasteiger partial charge in [0.25, 0.3) is 5.91 Å². The second-order valence-electron chi connectivity index (χ2n) is 9.00. The summed E-state index contributed by atoms with van der Waals surface area (Å²) < 4.78 is 11.7. The minimum absolute atomic E-state index is 0.00637. The summed E-state index contributed by atoms with van der Waals surface area (Å²) >= 11 is 0. The normalized spacial score (nSPS) is 24.6. The fourth-order valence-electron chi connectivity index (χ4n) is 4.89. The first-order valence-corrected chi connectivity index (χ1v) is 10.9. The van der Waals surface area contributed by atoms with Crippen molar-refractivity contribution in [3.63, 3.8) is 0 Å². The molecule has 1 atom stereocenters. The van der Waals surface area contributed by atoms with E-state index in [0.717, 1.165) is 56.1 Å². The van der Waals surface area contributed by atoms with Crippen molar-refractivity contribution >= 4 is 5.91 Å². The van der Waals surface area contributed by atoms with Gasteiger partial charge in [-0.2, -0.15) is 10.1 Å². The van der Waals surface area contributed by atoms with E-state index in [1.165, 1.54) is 19.3 Å². The SMILES string of the molecule is Cc1cc(C(=O)N2CCC3(CC2)CC(Cc2noc(C4CCC4)n2)CCO3)n[nH]1. The molecular formula is C21H29N5O3. The van der Waals surface area contributed by atoms with E-state index < -0.39 is 0 Å². The molecule has 1 N–H and O–H groups in total. The number of hydrogen-bond acceptors (Lipinski definition) is 6. The van der Waals surface area contributed by atoms with Crippen LogP contribution in [-0.2, 0) is 11.2 Å². The summed E-state index contributed by atoms with van der Waals surface area (Å²) in [6.07, 6.45) is 8.26. The first-order valence-electron chi connectivity index (χ1n) is 10.9. The number of carbonyl (C=O) groups is 1. The molecule has 156 valence electrons. The molecule has 0 radical (unpaired) electrons. The van der Waals surface area contributed by atoms with Crippen LogP contribution in [0.3, 0.4) is 0 Å². The molecule has 1 unspecified atom stereocenters. The van der Waals surface area contributed by atoms with Gasteiger partial charge in [-0.05, 0) is 57.4 Å². The van der Waals surface area contributed by atoms with Gasteiger partial charge in [0.1, 0.15) is 5.69 Å². The third kappa shape index (κ3) is 3.82. The Hall–Kier alpha value is -2.22. The molecule has 1 spiro atoms. The molecule has 1 saturated carbocycles. The topological polar surface area (TPSA) is 97.1 Å². The lowest BCUT2D eigenvalue weighted by Crippen LogP contribution is -2.51. The Bertz CT molecular complexity index is 863. The predicted molar refractivity (Wildman–Crippen MR) is 104 cm³/mol. The van der Waals surface area contributed by atoms with Crippen LogP contribution < -0.4 is 0 Å². The van der Waals surface area contributed by atoms with Gasteiger partial charge in [-0.15, -0.1) is 0 Å². The van der Waals surface area contributed by atoms with Crippen LogP contribution in [0, 0.1) is 12.8 Å². The summed E-state index contributed by atoms with van der Waals surface area (Å²) in [4.78, 5) is 19.2. The lowest BCUT2D eigenvalue weighted by molar-refractivity contribution is -0.123. The van der Waals surface area contributed by atoms with E-state index in [0.29, 0.717) is 30.6 Å². The van der Waals surface area contributed by atoms with E-state index in [1.54, 1.807) is 0 Å². The average molecular weight is 399 g/mol. The molecule has 29 heavy (non-hydrogen) atoms. The van der Waals surface area contributed by atoms with Crippen LogP contribution in [0.1, 0.15) is 78.8 Å². The summed E-state index contributed by atoms with van der Waals surface area (Å²) in [6, 6.07) is 1.81. The van der Waals surface area contributed by atoms with Crippen molar-refractivity contribution < 1.29 is 14.1 Å². The van der Waals surface area contributed by atoms with Gasteiger partial charge in [0.2, 0.25) is 5.89 Å². The smallest absolute Gasteiger partial charge is 0.274 e. The molecule has 8 heteroatoms. The Morgan fingerprint density at radius 1 is 1.31 bits per heavy atom. The first kappa shape index (κ1) is 18.8. The zero-order valence-corrected chi connectivity index (χ0v) is 17.0. The lowest BCUT2D eigenvalue weighted by Gasteiger charge is -2.46. The summed E-state index contributed by atoms with van der Waals surface area (Å²) in [5.41, 5.74) is 1.28. The van der Waals surface area contributed by atoms with Gasteiger partial charge in [-0.25, -0.2) is 0 Å². The molecule has 1 amide bonds. The largest absolute Gasteiger partial charge is 0.375 e. The van der Waals surface area contributed by atoms with E-state index >= 15 is 0 Å². The quantitative estimate of drug-likeness (QED) is 0.849. The molecule has 8 nitrogen and oxygen atoms in total. The molecule has 0 aromatic carbocycles. The number of aromatic amines is 1. The summed E-state index contributed by atoms with van der Waals surface area (Å²) in [5.74, 6) is 2.67.